The lowest BCUT2D eigenvalue weighted by Crippen LogP contribution is -2.41. The minimum atomic E-state index is -0.882. The van der Waals surface area contributed by atoms with E-state index in [4.69, 9.17) is 4.74 Å². The third-order valence-electron chi connectivity index (χ3n) is 5.35. The maximum atomic E-state index is 13.0. The van der Waals surface area contributed by atoms with Crippen LogP contribution in [-0.4, -0.2) is 28.7 Å². The second-order valence-electron chi connectivity index (χ2n) is 7.87. The first-order valence-electron chi connectivity index (χ1n) is 9.55. The average molecular weight is 373 g/mol. The lowest BCUT2D eigenvalue weighted by Gasteiger charge is -2.36. The van der Waals surface area contributed by atoms with E-state index >= 15 is 0 Å². The first-order chi connectivity index (χ1) is 12.6. The Morgan fingerprint density at radius 1 is 1.30 bits per heavy atom. The van der Waals surface area contributed by atoms with Crippen LogP contribution in [0.5, 0.6) is 0 Å². The molecule has 1 amide bonds. The SMILES string of the molecule is CC[C@@H](C(=O)O[C@H]1C[C@](C)(O)CC(C)=C1C)[C@@H](NC(C)=O)c1ccccc1. The first kappa shape index (κ1) is 21.2. The molecule has 148 valence electrons. The largest absolute Gasteiger partial charge is 0.457 e. The zero-order chi connectivity index (χ0) is 20.2. The number of hydrogen-bond donors (Lipinski definition) is 2. The van der Waals surface area contributed by atoms with Gasteiger partial charge < -0.3 is 15.2 Å². The van der Waals surface area contributed by atoms with Crippen LogP contribution in [0, 0.1) is 5.92 Å². The molecular formula is C22H31NO4. The molecule has 0 aromatic heterocycles. The van der Waals surface area contributed by atoms with Crippen molar-refractivity contribution in [2.75, 3.05) is 0 Å². The predicted molar refractivity (Wildman–Crippen MR) is 105 cm³/mol. The molecule has 1 aromatic rings. The minimum Gasteiger partial charge on any atom is -0.457 e. The molecule has 0 radical (unpaired) electrons. The molecule has 0 saturated heterocycles. The van der Waals surface area contributed by atoms with Gasteiger partial charge in [-0.2, -0.15) is 0 Å². The van der Waals surface area contributed by atoms with Gasteiger partial charge in [0, 0.05) is 13.3 Å². The Balaban J connectivity index is 2.25. The van der Waals surface area contributed by atoms with E-state index in [0.717, 1.165) is 16.7 Å². The molecule has 5 nitrogen and oxygen atoms in total. The van der Waals surface area contributed by atoms with E-state index in [2.05, 4.69) is 5.32 Å². The molecule has 0 fully saturated rings. The number of esters is 1. The Bertz CT molecular complexity index is 708. The van der Waals surface area contributed by atoms with Crippen LogP contribution in [0.15, 0.2) is 41.5 Å². The number of hydrogen-bond acceptors (Lipinski definition) is 4. The highest BCUT2D eigenvalue weighted by Crippen LogP contribution is 2.35. The molecule has 0 saturated carbocycles. The second kappa shape index (κ2) is 8.70. The van der Waals surface area contributed by atoms with E-state index in [-0.39, 0.29) is 11.9 Å². The Labute approximate surface area is 161 Å². The summed E-state index contributed by atoms with van der Waals surface area (Å²) in [7, 11) is 0. The highest BCUT2D eigenvalue weighted by Gasteiger charge is 2.37. The highest BCUT2D eigenvalue weighted by molar-refractivity contribution is 5.77. The number of benzene rings is 1. The number of carbonyl (C=O) groups excluding carboxylic acids is 2. The Kier molecular flexibility index (Phi) is 6.82. The van der Waals surface area contributed by atoms with Gasteiger partial charge in [-0.1, -0.05) is 42.8 Å². The molecule has 0 bridgehead atoms. The number of ether oxygens (including phenoxy) is 1. The van der Waals surface area contributed by atoms with Crippen LogP contribution < -0.4 is 5.32 Å². The van der Waals surface area contributed by atoms with Crippen LogP contribution in [0.4, 0.5) is 0 Å². The summed E-state index contributed by atoms with van der Waals surface area (Å²) in [4.78, 5) is 24.8. The van der Waals surface area contributed by atoms with Crippen molar-refractivity contribution in [1.82, 2.24) is 5.32 Å². The fourth-order valence-corrected chi connectivity index (χ4v) is 3.80. The molecule has 1 aliphatic carbocycles. The van der Waals surface area contributed by atoms with Gasteiger partial charge in [-0.05, 0) is 44.7 Å². The van der Waals surface area contributed by atoms with Crippen LogP contribution >= 0.6 is 0 Å². The molecule has 2 N–H and O–H groups in total. The van der Waals surface area contributed by atoms with E-state index in [1.165, 1.54) is 6.92 Å². The average Bonchev–Trinajstić information content (AvgIpc) is 2.59. The summed E-state index contributed by atoms with van der Waals surface area (Å²) in [5.41, 5.74) is 2.04. The highest BCUT2D eigenvalue weighted by atomic mass is 16.5. The summed E-state index contributed by atoms with van der Waals surface area (Å²) < 4.78 is 5.84. The van der Waals surface area contributed by atoms with Gasteiger partial charge in [0.15, 0.2) is 0 Å². The number of nitrogens with one attached hydrogen (secondary N) is 1. The van der Waals surface area contributed by atoms with Gasteiger partial charge in [0.25, 0.3) is 0 Å². The lowest BCUT2D eigenvalue weighted by atomic mass is 9.81. The van der Waals surface area contributed by atoms with Gasteiger partial charge in [-0.3, -0.25) is 9.59 Å². The molecule has 0 spiro atoms. The Morgan fingerprint density at radius 3 is 2.48 bits per heavy atom. The molecule has 4 atom stereocenters. The minimum absolute atomic E-state index is 0.192. The molecule has 1 aromatic carbocycles. The standard InChI is InChI=1S/C22H31NO4/c1-6-18(20(23-16(4)24)17-10-8-7-9-11-17)21(25)27-19-13-22(5,26)12-14(2)15(19)3/h7-11,18-20,26H,6,12-13H2,1-5H3,(H,23,24)/t18-,19+,20+,22-/m1/s1. The molecular weight excluding hydrogens is 342 g/mol. The number of aliphatic hydroxyl groups is 1. The normalized spacial score (nSPS) is 24.9. The van der Waals surface area contributed by atoms with Gasteiger partial charge in [0.1, 0.15) is 6.10 Å². The molecule has 1 aliphatic rings. The van der Waals surface area contributed by atoms with Crippen LogP contribution in [0.3, 0.4) is 0 Å². The van der Waals surface area contributed by atoms with Gasteiger partial charge in [-0.15, -0.1) is 0 Å². The van der Waals surface area contributed by atoms with Crippen LogP contribution in [-0.2, 0) is 14.3 Å². The first-order valence-corrected chi connectivity index (χ1v) is 9.55. The predicted octanol–water partition coefficient (Wildman–Crippen LogP) is 3.68. The van der Waals surface area contributed by atoms with Crippen molar-refractivity contribution in [2.45, 2.75) is 71.6 Å². The van der Waals surface area contributed by atoms with Crippen molar-refractivity contribution < 1.29 is 19.4 Å². The van der Waals surface area contributed by atoms with Crippen molar-refractivity contribution in [3.8, 4) is 0 Å². The molecule has 5 heteroatoms. The van der Waals surface area contributed by atoms with Crippen LogP contribution in [0.1, 0.15) is 65.5 Å². The lowest BCUT2D eigenvalue weighted by molar-refractivity contribution is -0.156. The fraction of sp³-hybridized carbons (Fsp3) is 0.545. The van der Waals surface area contributed by atoms with Crippen LogP contribution in [0.25, 0.3) is 0 Å². The summed E-state index contributed by atoms with van der Waals surface area (Å²) in [6.45, 7) is 9.04. The van der Waals surface area contributed by atoms with E-state index < -0.39 is 23.7 Å². The van der Waals surface area contributed by atoms with Crippen LogP contribution in [0.2, 0.25) is 0 Å². The smallest absolute Gasteiger partial charge is 0.311 e. The van der Waals surface area contributed by atoms with Crippen molar-refractivity contribution in [1.29, 1.82) is 0 Å². The number of amides is 1. The summed E-state index contributed by atoms with van der Waals surface area (Å²) in [5, 5.41) is 13.4. The molecule has 0 aliphatic heterocycles. The van der Waals surface area contributed by atoms with Gasteiger partial charge in [-0.25, -0.2) is 0 Å². The van der Waals surface area contributed by atoms with E-state index in [1.807, 2.05) is 51.1 Å². The second-order valence-corrected chi connectivity index (χ2v) is 7.87. The molecule has 27 heavy (non-hydrogen) atoms. The zero-order valence-electron chi connectivity index (χ0n) is 16.9. The maximum absolute atomic E-state index is 13.0. The van der Waals surface area contributed by atoms with E-state index in [0.29, 0.717) is 19.3 Å². The number of carbonyl (C=O) groups is 2. The third kappa shape index (κ3) is 5.42. The summed E-state index contributed by atoms with van der Waals surface area (Å²) in [5.74, 6) is -1.05. The topological polar surface area (TPSA) is 75.6 Å². The van der Waals surface area contributed by atoms with Gasteiger partial charge in [0.05, 0.1) is 17.6 Å². The Morgan fingerprint density at radius 2 is 1.93 bits per heavy atom. The van der Waals surface area contributed by atoms with Gasteiger partial charge in [0.2, 0.25) is 5.91 Å². The van der Waals surface area contributed by atoms with E-state index in [9.17, 15) is 14.7 Å². The molecule has 0 heterocycles. The van der Waals surface area contributed by atoms with Crippen molar-refractivity contribution in [3.63, 3.8) is 0 Å². The monoisotopic (exact) mass is 373 g/mol. The summed E-state index contributed by atoms with van der Waals surface area (Å²) in [6, 6.07) is 9.02. The summed E-state index contributed by atoms with van der Waals surface area (Å²) in [6.07, 6.45) is 1.06. The molecule has 0 unspecified atom stereocenters. The molecule has 2 rings (SSSR count). The quantitative estimate of drug-likeness (QED) is 0.589. The van der Waals surface area contributed by atoms with Crippen molar-refractivity contribution >= 4 is 11.9 Å². The number of rotatable bonds is 6. The maximum Gasteiger partial charge on any atom is 0.311 e. The van der Waals surface area contributed by atoms with E-state index in [1.54, 1.807) is 6.92 Å². The fourth-order valence-electron chi connectivity index (χ4n) is 3.80. The third-order valence-corrected chi connectivity index (χ3v) is 5.35. The summed E-state index contributed by atoms with van der Waals surface area (Å²) >= 11 is 0. The Hall–Kier alpha value is -2.14. The van der Waals surface area contributed by atoms with Crippen molar-refractivity contribution in [3.05, 3.63) is 47.0 Å². The zero-order valence-corrected chi connectivity index (χ0v) is 16.9. The van der Waals surface area contributed by atoms with Crippen molar-refractivity contribution in [2.24, 2.45) is 5.92 Å². The van der Waals surface area contributed by atoms with Gasteiger partial charge >= 0.3 is 5.97 Å².